The maximum absolute atomic E-state index is 11.7. The molecule has 1 aromatic heterocycles. The SMILES string of the molecule is CCCC(=O)NCC1CCCN(c2cc(N3CCCC3)ncn2)C1. The summed E-state index contributed by atoms with van der Waals surface area (Å²) in [6.45, 7) is 7.01. The number of carbonyl (C=O) groups excluding carboxylic acids is 1. The summed E-state index contributed by atoms with van der Waals surface area (Å²) in [5, 5.41) is 3.07. The molecule has 0 bridgehead atoms. The maximum Gasteiger partial charge on any atom is 0.219 e. The van der Waals surface area contributed by atoms with E-state index in [-0.39, 0.29) is 5.91 Å². The van der Waals surface area contributed by atoms with Gasteiger partial charge in [-0.2, -0.15) is 0 Å². The zero-order chi connectivity index (χ0) is 16.8. The molecule has 2 fully saturated rings. The van der Waals surface area contributed by atoms with Gasteiger partial charge in [-0.05, 0) is 38.0 Å². The Morgan fingerprint density at radius 2 is 1.88 bits per heavy atom. The lowest BCUT2D eigenvalue weighted by Gasteiger charge is -2.34. The fourth-order valence-electron chi connectivity index (χ4n) is 3.64. The van der Waals surface area contributed by atoms with Gasteiger partial charge in [0.15, 0.2) is 0 Å². The van der Waals surface area contributed by atoms with E-state index in [4.69, 9.17) is 0 Å². The van der Waals surface area contributed by atoms with Crippen LogP contribution < -0.4 is 15.1 Å². The molecule has 1 aromatic rings. The predicted octanol–water partition coefficient (Wildman–Crippen LogP) is 2.21. The van der Waals surface area contributed by atoms with Crippen molar-refractivity contribution in [1.82, 2.24) is 15.3 Å². The predicted molar refractivity (Wildman–Crippen MR) is 96.3 cm³/mol. The van der Waals surface area contributed by atoms with E-state index in [0.29, 0.717) is 12.3 Å². The summed E-state index contributed by atoms with van der Waals surface area (Å²) in [6.07, 6.45) is 8.05. The summed E-state index contributed by atoms with van der Waals surface area (Å²) in [4.78, 5) is 25.3. The number of nitrogens with one attached hydrogen (secondary N) is 1. The third-order valence-electron chi connectivity index (χ3n) is 4.98. The number of anilines is 2. The molecular formula is C18H29N5O. The second kappa shape index (κ2) is 8.31. The lowest BCUT2D eigenvalue weighted by Crippen LogP contribution is -2.41. The van der Waals surface area contributed by atoms with Crippen molar-refractivity contribution in [2.24, 2.45) is 5.92 Å². The molecule has 2 aliphatic rings. The van der Waals surface area contributed by atoms with Gasteiger partial charge in [0.05, 0.1) is 0 Å². The smallest absolute Gasteiger partial charge is 0.219 e. The van der Waals surface area contributed by atoms with Crippen LogP contribution in [-0.4, -0.2) is 48.6 Å². The molecule has 1 amide bonds. The topological polar surface area (TPSA) is 61.4 Å². The number of hydrogen-bond acceptors (Lipinski definition) is 5. The van der Waals surface area contributed by atoms with Gasteiger partial charge in [0.1, 0.15) is 18.0 Å². The zero-order valence-electron chi connectivity index (χ0n) is 14.7. The number of rotatable bonds is 6. The molecule has 0 spiro atoms. The second-order valence-electron chi connectivity index (χ2n) is 6.94. The Balaban J connectivity index is 1.58. The largest absolute Gasteiger partial charge is 0.356 e. The van der Waals surface area contributed by atoms with E-state index in [1.165, 1.54) is 19.3 Å². The van der Waals surface area contributed by atoms with Crippen molar-refractivity contribution in [1.29, 1.82) is 0 Å². The highest BCUT2D eigenvalue weighted by Gasteiger charge is 2.22. The Morgan fingerprint density at radius 1 is 1.17 bits per heavy atom. The Bertz CT molecular complexity index is 544. The standard InChI is InChI=1S/C18H29N5O/c1-2-6-18(24)19-12-15-7-5-10-23(13-15)17-11-16(20-14-21-17)22-8-3-4-9-22/h11,14-15H,2-10,12-13H2,1H3,(H,19,24). The van der Waals surface area contributed by atoms with E-state index in [0.717, 1.165) is 57.2 Å². The Morgan fingerprint density at radius 3 is 2.62 bits per heavy atom. The van der Waals surface area contributed by atoms with Crippen molar-refractivity contribution in [3.05, 3.63) is 12.4 Å². The zero-order valence-corrected chi connectivity index (χ0v) is 14.7. The van der Waals surface area contributed by atoms with Crippen molar-refractivity contribution >= 4 is 17.5 Å². The summed E-state index contributed by atoms with van der Waals surface area (Å²) >= 11 is 0. The molecule has 0 radical (unpaired) electrons. The van der Waals surface area contributed by atoms with Crippen molar-refractivity contribution in [2.45, 2.75) is 45.4 Å². The number of amides is 1. The van der Waals surface area contributed by atoms with E-state index in [1.807, 2.05) is 6.92 Å². The number of aromatic nitrogens is 2. The van der Waals surface area contributed by atoms with Crippen LogP contribution in [0.25, 0.3) is 0 Å². The highest BCUT2D eigenvalue weighted by atomic mass is 16.1. The van der Waals surface area contributed by atoms with E-state index < -0.39 is 0 Å². The fraction of sp³-hybridized carbons (Fsp3) is 0.722. The van der Waals surface area contributed by atoms with Crippen LogP contribution >= 0.6 is 0 Å². The molecule has 0 aliphatic carbocycles. The van der Waals surface area contributed by atoms with Gasteiger partial charge in [-0.1, -0.05) is 6.92 Å². The normalized spacial score (nSPS) is 21.1. The summed E-state index contributed by atoms with van der Waals surface area (Å²) in [6, 6.07) is 2.13. The van der Waals surface area contributed by atoms with Gasteiger partial charge in [-0.25, -0.2) is 9.97 Å². The summed E-state index contributed by atoms with van der Waals surface area (Å²) in [7, 11) is 0. The van der Waals surface area contributed by atoms with E-state index in [1.54, 1.807) is 6.33 Å². The summed E-state index contributed by atoms with van der Waals surface area (Å²) in [5.41, 5.74) is 0. The quantitative estimate of drug-likeness (QED) is 0.866. The molecule has 132 valence electrons. The van der Waals surface area contributed by atoms with Gasteiger partial charge < -0.3 is 15.1 Å². The van der Waals surface area contributed by atoms with Crippen LogP contribution in [0.15, 0.2) is 12.4 Å². The van der Waals surface area contributed by atoms with E-state index >= 15 is 0 Å². The van der Waals surface area contributed by atoms with Crippen molar-refractivity contribution in [3.63, 3.8) is 0 Å². The number of hydrogen-bond donors (Lipinski definition) is 1. The van der Waals surface area contributed by atoms with Gasteiger partial charge in [0, 0.05) is 45.2 Å². The Kier molecular flexibility index (Phi) is 5.88. The van der Waals surface area contributed by atoms with Crippen LogP contribution in [0.1, 0.15) is 45.4 Å². The van der Waals surface area contributed by atoms with Crippen molar-refractivity contribution in [2.75, 3.05) is 42.5 Å². The number of nitrogens with zero attached hydrogens (tertiary/aromatic N) is 4. The minimum Gasteiger partial charge on any atom is -0.356 e. The van der Waals surface area contributed by atoms with Gasteiger partial charge >= 0.3 is 0 Å². The molecule has 3 heterocycles. The van der Waals surface area contributed by atoms with Crippen LogP contribution in [0.4, 0.5) is 11.6 Å². The average molecular weight is 331 g/mol. The van der Waals surface area contributed by atoms with E-state index in [9.17, 15) is 4.79 Å². The average Bonchev–Trinajstić information content (AvgIpc) is 3.15. The Labute approximate surface area is 144 Å². The van der Waals surface area contributed by atoms with Gasteiger partial charge in [-0.3, -0.25) is 4.79 Å². The molecule has 2 aliphatic heterocycles. The molecule has 6 heteroatoms. The fourth-order valence-corrected chi connectivity index (χ4v) is 3.64. The molecule has 6 nitrogen and oxygen atoms in total. The first-order valence-electron chi connectivity index (χ1n) is 9.35. The van der Waals surface area contributed by atoms with Gasteiger partial charge in [-0.15, -0.1) is 0 Å². The molecule has 0 saturated carbocycles. The molecule has 1 unspecified atom stereocenters. The highest BCUT2D eigenvalue weighted by Crippen LogP contribution is 2.25. The molecular weight excluding hydrogens is 302 g/mol. The first kappa shape index (κ1) is 17.0. The molecule has 1 N–H and O–H groups in total. The van der Waals surface area contributed by atoms with Crippen LogP contribution in [-0.2, 0) is 4.79 Å². The van der Waals surface area contributed by atoms with Gasteiger partial charge in [0.25, 0.3) is 0 Å². The molecule has 24 heavy (non-hydrogen) atoms. The minimum atomic E-state index is 0.174. The highest BCUT2D eigenvalue weighted by molar-refractivity contribution is 5.75. The third kappa shape index (κ3) is 4.36. The Hall–Kier alpha value is -1.85. The first-order valence-corrected chi connectivity index (χ1v) is 9.35. The van der Waals surface area contributed by atoms with Crippen molar-refractivity contribution < 1.29 is 4.79 Å². The second-order valence-corrected chi connectivity index (χ2v) is 6.94. The monoisotopic (exact) mass is 331 g/mol. The summed E-state index contributed by atoms with van der Waals surface area (Å²) < 4.78 is 0. The van der Waals surface area contributed by atoms with Crippen LogP contribution in [0.3, 0.4) is 0 Å². The molecule has 2 saturated heterocycles. The van der Waals surface area contributed by atoms with E-state index in [2.05, 4.69) is 31.2 Å². The van der Waals surface area contributed by atoms with Crippen molar-refractivity contribution in [3.8, 4) is 0 Å². The molecule has 1 atom stereocenters. The first-order chi connectivity index (χ1) is 11.8. The van der Waals surface area contributed by atoms with Gasteiger partial charge in [0.2, 0.25) is 5.91 Å². The third-order valence-corrected chi connectivity index (χ3v) is 4.98. The minimum absolute atomic E-state index is 0.174. The molecule has 0 aromatic carbocycles. The molecule has 3 rings (SSSR count). The van der Waals surface area contributed by atoms with Crippen LogP contribution in [0.5, 0.6) is 0 Å². The lowest BCUT2D eigenvalue weighted by molar-refractivity contribution is -0.121. The maximum atomic E-state index is 11.7. The lowest BCUT2D eigenvalue weighted by atomic mass is 9.98. The van der Waals surface area contributed by atoms with Crippen LogP contribution in [0, 0.1) is 5.92 Å². The summed E-state index contributed by atoms with van der Waals surface area (Å²) in [5.74, 6) is 2.75. The number of piperidine rings is 1. The number of carbonyl (C=O) groups is 1. The van der Waals surface area contributed by atoms with Crippen LogP contribution in [0.2, 0.25) is 0 Å².